The van der Waals surface area contributed by atoms with Crippen LogP contribution in [0.5, 0.6) is 0 Å². The van der Waals surface area contributed by atoms with E-state index in [2.05, 4.69) is 9.97 Å². The van der Waals surface area contributed by atoms with Crippen LogP contribution in [0.25, 0.3) is 32.1 Å². The van der Waals surface area contributed by atoms with E-state index in [0.717, 1.165) is 72.2 Å². The lowest BCUT2D eigenvalue weighted by Crippen LogP contribution is -2.23. The number of nitrogens with zero attached hydrogens (tertiary/aromatic N) is 6. The van der Waals surface area contributed by atoms with Gasteiger partial charge in [0.25, 0.3) is 11.1 Å². The lowest BCUT2D eigenvalue weighted by atomic mass is 9.97. The average Bonchev–Trinajstić information content (AvgIpc) is 3.61. The molecule has 0 aromatic carbocycles. The minimum absolute atomic E-state index is 0.118. The number of rotatable bonds is 6. The van der Waals surface area contributed by atoms with Crippen LogP contribution in [0.2, 0.25) is 10.0 Å². The smallest absolute Gasteiger partial charge is 0.268 e. The number of fused-ring (bicyclic) bond motifs is 6. The summed E-state index contributed by atoms with van der Waals surface area (Å²) < 4.78 is 3.17. The molecule has 6 aromatic heterocycles. The molecule has 0 saturated carbocycles. The van der Waals surface area contributed by atoms with E-state index in [9.17, 15) is 9.59 Å². The highest BCUT2D eigenvalue weighted by molar-refractivity contribution is 8.15. The fraction of sp³-hybridized carbons (Fsp3) is 0.290. The van der Waals surface area contributed by atoms with Crippen LogP contribution in [0.3, 0.4) is 0 Å². The van der Waals surface area contributed by atoms with Crippen molar-refractivity contribution in [2.24, 2.45) is 0 Å². The Labute approximate surface area is 283 Å². The molecule has 0 amide bonds. The van der Waals surface area contributed by atoms with Crippen molar-refractivity contribution in [3.63, 3.8) is 0 Å². The lowest BCUT2D eigenvalue weighted by Gasteiger charge is -2.14. The molecule has 6 heterocycles. The standard InChI is InChI=1S/C31H24Cl2N6O2S4/c32-16-9-11-22(34-13-16)38-28(40)24-18-5-1-3-7-20(18)44-26(24)36-30(38)42-15-43-31-37-27-25(19-6-2-4-8-21(19)45-27)29(41)39(31)23-12-10-17(33)14-35-23/h9-14H,1-8,15H2. The lowest BCUT2D eigenvalue weighted by molar-refractivity contribution is 0.698. The van der Waals surface area contributed by atoms with Gasteiger partial charge in [-0.25, -0.2) is 29.1 Å². The van der Waals surface area contributed by atoms with Crippen molar-refractivity contribution in [2.75, 3.05) is 5.08 Å². The van der Waals surface area contributed by atoms with E-state index < -0.39 is 0 Å². The van der Waals surface area contributed by atoms with Gasteiger partial charge in [-0.05, 0) is 86.8 Å². The normalized spacial score (nSPS) is 14.6. The number of halogens is 2. The van der Waals surface area contributed by atoms with Crippen molar-refractivity contribution in [2.45, 2.75) is 61.7 Å². The van der Waals surface area contributed by atoms with Gasteiger partial charge in [-0.15, -0.1) is 22.7 Å². The van der Waals surface area contributed by atoms with Crippen LogP contribution in [0, 0.1) is 0 Å². The molecule has 0 radical (unpaired) electrons. The van der Waals surface area contributed by atoms with Crippen molar-refractivity contribution >= 4 is 89.8 Å². The third kappa shape index (κ3) is 5.33. The molecule has 0 bridgehead atoms. The maximum Gasteiger partial charge on any atom is 0.269 e. The monoisotopic (exact) mass is 710 g/mol. The molecular weight excluding hydrogens is 688 g/mol. The SMILES string of the molecule is O=c1c2c3c(sc2nc(SCSc2nc4sc5c(c4c(=O)n2-c2ccc(Cl)cn2)CCCC5)n1-c1ccc(Cl)cn1)CCCC3. The number of hydrogen-bond donors (Lipinski definition) is 0. The molecule has 6 aromatic rings. The van der Waals surface area contributed by atoms with Gasteiger partial charge in [0, 0.05) is 22.1 Å². The van der Waals surface area contributed by atoms with E-state index in [1.807, 2.05) is 0 Å². The Morgan fingerprint density at radius 3 is 1.53 bits per heavy atom. The van der Waals surface area contributed by atoms with E-state index >= 15 is 0 Å². The first kappa shape index (κ1) is 29.6. The summed E-state index contributed by atoms with van der Waals surface area (Å²) in [5, 5.41) is 3.86. The van der Waals surface area contributed by atoms with Crippen LogP contribution in [-0.4, -0.2) is 34.2 Å². The Morgan fingerprint density at radius 1 is 0.667 bits per heavy atom. The minimum Gasteiger partial charge on any atom is -0.268 e. The van der Waals surface area contributed by atoms with Crippen molar-refractivity contribution in [3.8, 4) is 11.6 Å². The number of thiophene rings is 2. The largest absolute Gasteiger partial charge is 0.269 e. The maximum absolute atomic E-state index is 14.1. The van der Waals surface area contributed by atoms with Gasteiger partial charge >= 0.3 is 0 Å². The molecule has 2 aliphatic carbocycles. The summed E-state index contributed by atoms with van der Waals surface area (Å²) in [6.07, 6.45) is 11.2. The highest BCUT2D eigenvalue weighted by Crippen LogP contribution is 2.38. The van der Waals surface area contributed by atoms with E-state index in [0.29, 0.717) is 47.9 Å². The zero-order valence-electron chi connectivity index (χ0n) is 23.7. The van der Waals surface area contributed by atoms with Gasteiger partial charge in [-0.3, -0.25) is 9.59 Å². The number of hydrogen-bond acceptors (Lipinski definition) is 10. The molecule has 0 N–H and O–H groups in total. The third-order valence-corrected chi connectivity index (χ3v) is 13.0. The van der Waals surface area contributed by atoms with E-state index in [1.165, 1.54) is 45.7 Å². The Hall–Kier alpha value is -2.74. The number of aromatic nitrogens is 6. The fourth-order valence-electron chi connectivity index (χ4n) is 6.11. The van der Waals surface area contributed by atoms with Gasteiger partial charge in [0.2, 0.25) is 0 Å². The molecule has 0 saturated heterocycles. The van der Waals surface area contributed by atoms with Crippen LogP contribution >= 0.6 is 69.4 Å². The predicted octanol–water partition coefficient (Wildman–Crippen LogP) is 7.90. The molecule has 0 fully saturated rings. The molecule has 0 atom stereocenters. The van der Waals surface area contributed by atoms with Crippen LogP contribution in [0.15, 0.2) is 56.6 Å². The maximum atomic E-state index is 14.1. The van der Waals surface area contributed by atoms with Crippen LogP contribution < -0.4 is 11.1 Å². The van der Waals surface area contributed by atoms with Crippen LogP contribution in [0.1, 0.15) is 46.6 Å². The molecule has 2 aliphatic rings. The quantitative estimate of drug-likeness (QED) is 0.0978. The molecule has 228 valence electrons. The summed E-state index contributed by atoms with van der Waals surface area (Å²) in [6.45, 7) is 0. The molecule has 14 heteroatoms. The second-order valence-corrected chi connectivity index (χ2v) is 16.2. The zero-order valence-corrected chi connectivity index (χ0v) is 28.5. The highest BCUT2D eigenvalue weighted by atomic mass is 35.5. The molecular formula is C31H24Cl2N6O2S4. The molecule has 0 spiro atoms. The summed E-state index contributed by atoms with van der Waals surface area (Å²) >= 11 is 18.4. The van der Waals surface area contributed by atoms with Crippen molar-refractivity contribution in [3.05, 3.63) is 88.3 Å². The van der Waals surface area contributed by atoms with Gasteiger partial charge in [-0.2, -0.15) is 0 Å². The topological polar surface area (TPSA) is 95.6 Å². The first-order valence-corrected chi connectivity index (χ1v) is 19.0. The summed E-state index contributed by atoms with van der Waals surface area (Å²) in [5.74, 6) is 0.932. The summed E-state index contributed by atoms with van der Waals surface area (Å²) in [4.78, 5) is 51.2. The van der Waals surface area contributed by atoms with E-state index in [1.54, 1.807) is 56.1 Å². The Bertz CT molecular complexity index is 2070. The van der Waals surface area contributed by atoms with E-state index in [-0.39, 0.29) is 11.1 Å². The van der Waals surface area contributed by atoms with Gasteiger partial charge in [0.05, 0.1) is 25.9 Å². The van der Waals surface area contributed by atoms with Crippen LogP contribution in [-0.2, 0) is 25.7 Å². The van der Waals surface area contributed by atoms with Gasteiger partial charge < -0.3 is 0 Å². The first-order valence-electron chi connectivity index (χ1n) is 14.6. The first-order chi connectivity index (χ1) is 22.0. The summed E-state index contributed by atoms with van der Waals surface area (Å²) in [6, 6.07) is 6.94. The van der Waals surface area contributed by atoms with Crippen molar-refractivity contribution in [1.29, 1.82) is 0 Å². The molecule has 45 heavy (non-hydrogen) atoms. The van der Waals surface area contributed by atoms with E-state index in [4.69, 9.17) is 33.2 Å². The number of pyridine rings is 2. The zero-order chi connectivity index (χ0) is 30.7. The number of aryl methyl sites for hydroxylation is 4. The Kier molecular flexibility index (Phi) is 7.99. The predicted molar refractivity (Wildman–Crippen MR) is 186 cm³/mol. The Balaban J connectivity index is 1.21. The van der Waals surface area contributed by atoms with Gasteiger partial charge in [0.15, 0.2) is 10.3 Å². The van der Waals surface area contributed by atoms with Crippen LogP contribution in [0.4, 0.5) is 0 Å². The van der Waals surface area contributed by atoms with Gasteiger partial charge in [-0.1, -0.05) is 46.7 Å². The Morgan fingerprint density at radius 2 is 1.11 bits per heavy atom. The average molecular weight is 712 g/mol. The van der Waals surface area contributed by atoms with Gasteiger partial charge in [0.1, 0.15) is 21.3 Å². The third-order valence-electron chi connectivity index (χ3n) is 8.17. The second-order valence-electron chi connectivity index (χ2n) is 10.9. The number of thioether (sulfide) groups is 2. The minimum atomic E-state index is -0.118. The fourth-order valence-corrected chi connectivity index (χ4v) is 11.0. The molecule has 0 unspecified atom stereocenters. The highest BCUT2D eigenvalue weighted by Gasteiger charge is 2.25. The van der Waals surface area contributed by atoms with Crippen molar-refractivity contribution < 1.29 is 0 Å². The second kappa shape index (κ2) is 12.1. The van der Waals surface area contributed by atoms with Crippen molar-refractivity contribution in [1.82, 2.24) is 29.1 Å². The molecule has 8 nitrogen and oxygen atoms in total. The summed E-state index contributed by atoms with van der Waals surface area (Å²) in [7, 11) is 0. The molecule has 8 rings (SSSR count). The summed E-state index contributed by atoms with van der Waals surface area (Å²) in [5.41, 5.74) is 2.02. The molecule has 0 aliphatic heterocycles.